The van der Waals surface area contributed by atoms with Crippen molar-refractivity contribution in [3.05, 3.63) is 47.5 Å². The Labute approximate surface area is 108 Å². The van der Waals surface area contributed by atoms with Crippen molar-refractivity contribution in [3.8, 4) is 0 Å². The summed E-state index contributed by atoms with van der Waals surface area (Å²) in [6.45, 7) is 7.37. The van der Waals surface area contributed by atoms with Crippen LogP contribution in [0.2, 0.25) is 0 Å². The molecule has 0 saturated carbocycles. The summed E-state index contributed by atoms with van der Waals surface area (Å²) >= 11 is 0. The molecule has 0 aliphatic heterocycles. The molecule has 2 rings (SSSR count). The Hall–Kier alpha value is -1.83. The Morgan fingerprint density at radius 2 is 1.89 bits per heavy atom. The molecule has 0 aromatic heterocycles. The largest absolute Gasteiger partial charge is 0.463 e. The molecule has 2 heteroatoms. The summed E-state index contributed by atoms with van der Waals surface area (Å²) in [5, 5.41) is 2.33. The average molecular weight is 242 g/mol. The Morgan fingerprint density at radius 3 is 2.56 bits per heavy atom. The molecule has 0 atom stereocenters. The lowest BCUT2D eigenvalue weighted by molar-refractivity contribution is -0.129. The predicted octanol–water partition coefficient (Wildman–Crippen LogP) is 3.81. The first-order valence-electron chi connectivity index (χ1n) is 6.10. The molecule has 2 nitrogen and oxygen atoms in total. The summed E-state index contributed by atoms with van der Waals surface area (Å²) in [5.41, 5.74) is 2.40. The molecule has 0 amide bonds. The van der Waals surface area contributed by atoms with Gasteiger partial charge in [0.15, 0.2) is 0 Å². The van der Waals surface area contributed by atoms with Crippen LogP contribution in [0.1, 0.15) is 31.9 Å². The van der Waals surface area contributed by atoms with E-state index in [-0.39, 0.29) is 5.41 Å². The number of carbonyl (C=O) groups excluding carboxylic acids is 1. The van der Waals surface area contributed by atoms with E-state index in [2.05, 4.69) is 45.0 Å². The SMILES string of the molecule is CC(C)(C)c1cc(COC=O)c2ccccc2c1. The van der Waals surface area contributed by atoms with Gasteiger partial charge in [0.2, 0.25) is 0 Å². The quantitative estimate of drug-likeness (QED) is 0.765. The van der Waals surface area contributed by atoms with Crippen molar-refractivity contribution >= 4 is 17.2 Å². The fourth-order valence-corrected chi connectivity index (χ4v) is 2.07. The molecule has 0 aliphatic rings. The van der Waals surface area contributed by atoms with E-state index in [9.17, 15) is 4.79 Å². The van der Waals surface area contributed by atoms with Gasteiger partial charge in [-0.2, -0.15) is 0 Å². The van der Waals surface area contributed by atoms with Crippen LogP contribution < -0.4 is 0 Å². The second kappa shape index (κ2) is 4.81. The van der Waals surface area contributed by atoms with Gasteiger partial charge in [-0.3, -0.25) is 4.79 Å². The van der Waals surface area contributed by atoms with Crippen LogP contribution >= 0.6 is 0 Å². The Balaban J connectivity index is 2.60. The molecular formula is C16H18O2. The number of fused-ring (bicyclic) bond motifs is 1. The van der Waals surface area contributed by atoms with Crippen LogP contribution in [-0.4, -0.2) is 6.47 Å². The Morgan fingerprint density at radius 1 is 1.17 bits per heavy atom. The van der Waals surface area contributed by atoms with Crippen molar-refractivity contribution in [2.24, 2.45) is 0 Å². The minimum absolute atomic E-state index is 0.0833. The van der Waals surface area contributed by atoms with Crippen LogP contribution in [0.25, 0.3) is 10.8 Å². The lowest BCUT2D eigenvalue weighted by Gasteiger charge is -2.21. The number of hydrogen-bond acceptors (Lipinski definition) is 2. The molecule has 0 spiro atoms. The topological polar surface area (TPSA) is 26.3 Å². The average Bonchev–Trinajstić information content (AvgIpc) is 2.34. The molecule has 0 saturated heterocycles. The van der Waals surface area contributed by atoms with Gasteiger partial charge in [0.1, 0.15) is 6.61 Å². The fraction of sp³-hybridized carbons (Fsp3) is 0.312. The van der Waals surface area contributed by atoms with E-state index < -0.39 is 0 Å². The van der Waals surface area contributed by atoms with Crippen LogP contribution in [0.3, 0.4) is 0 Å². The van der Waals surface area contributed by atoms with Gasteiger partial charge in [0, 0.05) is 0 Å². The van der Waals surface area contributed by atoms with Gasteiger partial charge >= 0.3 is 0 Å². The molecule has 0 unspecified atom stereocenters. The van der Waals surface area contributed by atoms with Gasteiger partial charge in [-0.15, -0.1) is 0 Å². The normalized spacial score (nSPS) is 11.5. The van der Waals surface area contributed by atoms with E-state index in [0.717, 1.165) is 10.9 Å². The van der Waals surface area contributed by atoms with Crippen molar-refractivity contribution in [1.82, 2.24) is 0 Å². The lowest BCUT2D eigenvalue weighted by atomic mass is 9.84. The lowest BCUT2D eigenvalue weighted by Crippen LogP contribution is -2.11. The summed E-state index contributed by atoms with van der Waals surface area (Å²) in [5.74, 6) is 0. The maximum Gasteiger partial charge on any atom is 0.293 e. The smallest absolute Gasteiger partial charge is 0.293 e. The second-order valence-corrected chi connectivity index (χ2v) is 5.51. The molecule has 0 radical (unpaired) electrons. The Kier molecular flexibility index (Phi) is 3.37. The van der Waals surface area contributed by atoms with Crippen molar-refractivity contribution in [2.45, 2.75) is 32.8 Å². The zero-order chi connectivity index (χ0) is 13.2. The molecule has 0 heterocycles. The fourth-order valence-electron chi connectivity index (χ4n) is 2.07. The first-order chi connectivity index (χ1) is 8.52. The number of hydrogen-bond donors (Lipinski definition) is 0. The van der Waals surface area contributed by atoms with E-state index in [1.807, 2.05) is 12.1 Å². The monoisotopic (exact) mass is 242 g/mol. The third-order valence-corrected chi connectivity index (χ3v) is 3.12. The third kappa shape index (κ3) is 2.53. The molecule has 0 aliphatic carbocycles. The van der Waals surface area contributed by atoms with Crippen molar-refractivity contribution < 1.29 is 9.53 Å². The first kappa shape index (κ1) is 12.6. The van der Waals surface area contributed by atoms with Gasteiger partial charge in [0.05, 0.1) is 0 Å². The van der Waals surface area contributed by atoms with Crippen LogP contribution in [0.15, 0.2) is 36.4 Å². The van der Waals surface area contributed by atoms with Gasteiger partial charge in [-0.05, 0) is 27.3 Å². The summed E-state index contributed by atoms with van der Waals surface area (Å²) in [6.07, 6.45) is 0. The highest BCUT2D eigenvalue weighted by atomic mass is 16.5. The van der Waals surface area contributed by atoms with Crippen molar-refractivity contribution in [2.75, 3.05) is 0 Å². The van der Waals surface area contributed by atoms with Crippen LogP contribution in [0, 0.1) is 0 Å². The third-order valence-electron chi connectivity index (χ3n) is 3.12. The highest BCUT2D eigenvalue weighted by Crippen LogP contribution is 2.29. The first-order valence-corrected chi connectivity index (χ1v) is 6.10. The number of ether oxygens (including phenoxy) is 1. The summed E-state index contributed by atoms with van der Waals surface area (Å²) in [4.78, 5) is 10.4. The molecule has 94 valence electrons. The molecule has 0 N–H and O–H groups in total. The summed E-state index contributed by atoms with van der Waals surface area (Å²) in [6, 6.07) is 12.5. The van der Waals surface area contributed by atoms with Gasteiger partial charge < -0.3 is 4.74 Å². The van der Waals surface area contributed by atoms with Crippen molar-refractivity contribution in [3.63, 3.8) is 0 Å². The number of rotatable bonds is 3. The van der Waals surface area contributed by atoms with E-state index in [1.165, 1.54) is 10.9 Å². The highest BCUT2D eigenvalue weighted by molar-refractivity contribution is 5.86. The standard InChI is InChI=1S/C16H18O2/c1-16(2,3)14-8-12-6-4-5-7-15(12)13(9-14)10-18-11-17/h4-9,11H,10H2,1-3H3. The molecular weight excluding hydrogens is 224 g/mol. The molecule has 2 aromatic rings. The molecule has 2 aromatic carbocycles. The molecule has 0 fully saturated rings. The van der Waals surface area contributed by atoms with E-state index >= 15 is 0 Å². The van der Waals surface area contributed by atoms with E-state index in [4.69, 9.17) is 4.74 Å². The molecule has 0 bridgehead atoms. The highest BCUT2D eigenvalue weighted by Gasteiger charge is 2.16. The summed E-state index contributed by atoms with van der Waals surface area (Å²) in [7, 11) is 0. The van der Waals surface area contributed by atoms with Gasteiger partial charge in [-0.25, -0.2) is 0 Å². The van der Waals surface area contributed by atoms with Crippen LogP contribution in [-0.2, 0) is 21.6 Å². The minimum atomic E-state index is 0.0833. The van der Waals surface area contributed by atoms with Crippen LogP contribution in [0.4, 0.5) is 0 Å². The number of carbonyl (C=O) groups is 1. The van der Waals surface area contributed by atoms with Gasteiger partial charge in [0.25, 0.3) is 6.47 Å². The van der Waals surface area contributed by atoms with Crippen molar-refractivity contribution in [1.29, 1.82) is 0 Å². The summed E-state index contributed by atoms with van der Waals surface area (Å²) < 4.78 is 4.91. The zero-order valence-corrected chi connectivity index (χ0v) is 11.1. The second-order valence-electron chi connectivity index (χ2n) is 5.51. The van der Waals surface area contributed by atoms with E-state index in [0.29, 0.717) is 13.1 Å². The van der Waals surface area contributed by atoms with E-state index in [1.54, 1.807) is 0 Å². The number of benzene rings is 2. The zero-order valence-electron chi connectivity index (χ0n) is 11.1. The maximum atomic E-state index is 10.4. The minimum Gasteiger partial charge on any atom is -0.463 e. The Bertz CT molecular complexity index is 565. The molecule has 18 heavy (non-hydrogen) atoms. The van der Waals surface area contributed by atoms with Crippen LogP contribution in [0.5, 0.6) is 0 Å². The maximum absolute atomic E-state index is 10.4. The van der Waals surface area contributed by atoms with Gasteiger partial charge in [-0.1, -0.05) is 57.2 Å². The predicted molar refractivity (Wildman–Crippen MR) is 73.5 cm³/mol.